The highest BCUT2D eigenvalue weighted by Crippen LogP contribution is 2.50. The van der Waals surface area contributed by atoms with Gasteiger partial charge < -0.3 is 0 Å². The molecule has 1 fully saturated rings. The monoisotopic (exact) mass is 228 g/mol. The van der Waals surface area contributed by atoms with Crippen molar-refractivity contribution in [1.29, 1.82) is 0 Å². The van der Waals surface area contributed by atoms with E-state index in [1.54, 1.807) is 11.1 Å². The maximum Gasteiger partial charge on any atom is -0.00409 e. The predicted molar refractivity (Wildman–Crippen MR) is 73.2 cm³/mol. The Labute approximate surface area is 105 Å². The van der Waals surface area contributed by atoms with Crippen molar-refractivity contribution in [3.05, 3.63) is 35.4 Å². The van der Waals surface area contributed by atoms with Gasteiger partial charge in [-0.05, 0) is 66.9 Å². The van der Waals surface area contributed by atoms with Crippen LogP contribution in [0.5, 0.6) is 0 Å². The fraction of sp³-hybridized carbons (Fsp3) is 0.647. The SMILES string of the molecule is CC(C)C1CCC2(CCc3ccccc32)CC1. The minimum absolute atomic E-state index is 0.571. The molecule has 0 unspecified atom stereocenters. The van der Waals surface area contributed by atoms with Gasteiger partial charge in [-0.1, -0.05) is 38.1 Å². The molecule has 1 saturated carbocycles. The van der Waals surface area contributed by atoms with Gasteiger partial charge >= 0.3 is 0 Å². The topological polar surface area (TPSA) is 0 Å². The van der Waals surface area contributed by atoms with Crippen LogP contribution < -0.4 is 0 Å². The highest BCUT2D eigenvalue weighted by molar-refractivity contribution is 5.39. The molecule has 0 nitrogen and oxygen atoms in total. The van der Waals surface area contributed by atoms with Gasteiger partial charge in [-0.3, -0.25) is 0 Å². The van der Waals surface area contributed by atoms with Crippen molar-refractivity contribution >= 4 is 0 Å². The van der Waals surface area contributed by atoms with Crippen LogP contribution in [0.1, 0.15) is 57.1 Å². The molecule has 0 amide bonds. The molecule has 0 radical (unpaired) electrons. The summed E-state index contributed by atoms with van der Waals surface area (Å²) in [6, 6.07) is 9.19. The van der Waals surface area contributed by atoms with Crippen LogP contribution in [0.3, 0.4) is 0 Å². The van der Waals surface area contributed by atoms with Crippen molar-refractivity contribution in [2.75, 3.05) is 0 Å². The molecule has 2 aliphatic rings. The van der Waals surface area contributed by atoms with E-state index in [1.165, 1.54) is 38.5 Å². The van der Waals surface area contributed by atoms with E-state index in [-0.39, 0.29) is 0 Å². The average molecular weight is 228 g/mol. The molecule has 1 aromatic rings. The molecule has 0 aliphatic heterocycles. The van der Waals surface area contributed by atoms with Gasteiger partial charge in [0.1, 0.15) is 0 Å². The molecule has 92 valence electrons. The summed E-state index contributed by atoms with van der Waals surface area (Å²) in [5, 5.41) is 0. The number of aryl methyl sites for hydroxylation is 1. The second-order valence-corrected chi connectivity index (χ2v) is 6.52. The Hall–Kier alpha value is -0.780. The normalized spacial score (nSPS) is 32.1. The highest BCUT2D eigenvalue weighted by Gasteiger charge is 2.41. The number of hydrogen-bond donors (Lipinski definition) is 0. The Bertz CT molecular complexity index is 394. The van der Waals surface area contributed by atoms with Gasteiger partial charge in [0, 0.05) is 0 Å². The van der Waals surface area contributed by atoms with Gasteiger partial charge in [0.25, 0.3) is 0 Å². The molecule has 1 aromatic carbocycles. The zero-order valence-corrected chi connectivity index (χ0v) is 11.2. The Morgan fingerprint density at radius 2 is 1.76 bits per heavy atom. The van der Waals surface area contributed by atoms with Crippen LogP contribution >= 0.6 is 0 Å². The quantitative estimate of drug-likeness (QED) is 0.652. The fourth-order valence-corrected chi connectivity index (χ4v) is 4.14. The van der Waals surface area contributed by atoms with Crippen molar-refractivity contribution < 1.29 is 0 Å². The molecule has 0 saturated heterocycles. The largest absolute Gasteiger partial charge is 0.0625 e. The lowest BCUT2D eigenvalue weighted by Gasteiger charge is -2.39. The zero-order chi connectivity index (χ0) is 11.9. The molecule has 0 heterocycles. The third-order valence-electron chi connectivity index (χ3n) is 5.39. The molecule has 17 heavy (non-hydrogen) atoms. The molecule has 1 spiro atoms. The van der Waals surface area contributed by atoms with Crippen LogP contribution in [-0.4, -0.2) is 0 Å². The average Bonchev–Trinajstić information content (AvgIpc) is 2.70. The first-order valence-corrected chi connectivity index (χ1v) is 7.30. The Morgan fingerprint density at radius 3 is 2.47 bits per heavy atom. The number of fused-ring (bicyclic) bond motifs is 2. The molecule has 0 bridgehead atoms. The summed E-state index contributed by atoms with van der Waals surface area (Å²) in [5.74, 6) is 1.86. The standard InChI is InChI=1S/C17H24/c1-13(2)14-7-10-17(11-8-14)12-9-15-5-3-4-6-16(15)17/h3-6,13-14H,7-12H2,1-2H3. The van der Waals surface area contributed by atoms with E-state index in [9.17, 15) is 0 Å². The summed E-state index contributed by atoms with van der Waals surface area (Å²) >= 11 is 0. The predicted octanol–water partition coefficient (Wildman–Crippen LogP) is 4.72. The van der Waals surface area contributed by atoms with E-state index in [0.29, 0.717) is 5.41 Å². The van der Waals surface area contributed by atoms with E-state index >= 15 is 0 Å². The lowest BCUT2D eigenvalue weighted by Crippen LogP contribution is -2.31. The summed E-state index contributed by atoms with van der Waals surface area (Å²) in [4.78, 5) is 0. The van der Waals surface area contributed by atoms with Crippen molar-refractivity contribution in [3.63, 3.8) is 0 Å². The van der Waals surface area contributed by atoms with Gasteiger partial charge in [-0.2, -0.15) is 0 Å². The summed E-state index contributed by atoms with van der Waals surface area (Å²) in [6.07, 6.45) is 8.51. The van der Waals surface area contributed by atoms with Crippen LogP contribution in [-0.2, 0) is 11.8 Å². The summed E-state index contributed by atoms with van der Waals surface area (Å²) in [6.45, 7) is 4.79. The van der Waals surface area contributed by atoms with E-state index in [4.69, 9.17) is 0 Å². The molecule has 3 rings (SSSR count). The molecule has 0 atom stereocenters. The van der Waals surface area contributed by atoms with Gasteiger partial charge in [-0.15, -0.1) is 0 Å². The second-order valence-electron chi connectivity index (χ2n) is 6.52. The van der Waals surface area contributed by atoms with Crippen molar-refractivity contribution in [2.45, 2.75) is 57.8 Å². The van der Waals surface area contributed by atoms with Gasteiger partial charge in [0.2, 0.25) is 0 Å². The second kappa shape index (κ2) is 4.15. The summed E-state index contributed by atoms with van der Waals surface area (Å²) in [7, 11) is 0. The molecular weight excluding hydrogens is 204 g/mol. The Morgan fingerprint density at radius 1 is 1.06 bits per heavy atom. The number of hydrogen-bond acceptors (Lipinski definition) is 0. The molecule has 0 heteroatoms. The lowest BCUT2D eigenvalue weighted by atomic mass is 9.65. The molecule has 2 aliphatic carbocycles. The molecule has 0 aromatic heterocycles. The third-order valence-corrected chi connectivity index (χ3v) is 5.39. The molecule has 0 N–H and O–H groups in total. The van der Waals surface area contributed by atoms with Crippen molar-refractivity contribution in [1.82, 2.24) is 0 Å². The maximum atomic E-state index is 2.40. The van der Waals surface area contributed by atoms with Crippen LogP contribution in [0.25, 0.3) is 0 Å². The van der Waals surface area contributed by atoms with Gasteiger partial charge in [0.05, 0.1) is 0 Å². The number of benzene rings is 1. The smallest absolute Gasteiger partial charge is 0.00409 e. The van der Waals surface area contributed by atoms with Gasteiger partial charge in [0.15, 0.2) is 0 Å². The minimum atomic E-state index is 0.571. The first-order chi connectivity index (χ1) is 8.21. The zero-order valence-electron chi connectivity index (χ0n) is 11.2. The first-order valence-electron chi connectivity index (χ1n) is 7.30. The maximum absolute atomic E-state index is 2.40. The van der Waals surface area contributed by atoms with Crippen LogP contribution in [0.4, 0.5) is 0 Å². The fourth-order valence-electron chi connectivity index (χ4n) is 4.14. The summed E-state index contributed by atoms with van der Waals surface area (Å²) in [5.41, 5.74) is 3.90. The van der Waals surface area contributed by atoms with E-state index in [0.717, 1.165) is 11.8 Å². The van der Waals surface area contributed by atoms with Crippen molar-refractivity contribution in [3.8, 4) is 0 Å². The van der Waals surface area contributed by atoms with Gasteiger partial charge in [-0.25, -0.2) is 0 Å². The van der Waals surface area contributed by atoms with E-state index in [1.807, 2.05) is 0 Å². The highest BCUT2D eigenvalue weighted by atomic mass is 14.5. The van der Waals surface area contributed by atoms with Crippen LogP contribution in [0.2, 0.25) is 0 Å². The van der Waals surface area contributed by atoms with Crippen LogP contribution in [0, 0.1) is 11.8 Å². The Balaban J connectivity index is 1.82. The Kier molecular flexibility index (Phi) is 2.77. The minimum Gasteiger partial charge on any atom is -0.0625 e. The third kappa shape index (κ3) is 1.82. The van der Waals surface area contributed by atoms with E-state index < -0.39 is 0 Å². The van der Waals surface area contributed by atoms with Crippen molar-refractivity contribution in [2.24, 2.45) is 11.8 Å². The first kappa shape index (κ1) is 11.3. The summed E-state index contributed by atoms with van der Waals surface area (Å²) < 4.78 is 0. The van der Waals surface area contributed by atoms with Crippen LogP contribution in [0.15, 0.2) is 24.3 Å². The number of rotatable bonds is 1. The lowest BCUT2D eigenvalue weighted by molar-refractivity contribution is 0.191. The van der Waals surface area contributed by atoms with E-state index in [2.05, 4.69) is 38.1 Å². The molecular formula is C17H24.